The van der Waals surface area contributed by atoms with Gasteiger partial charge in [-0.1, -0.05) is 86.0 Å². The second-order valence-electron chi connectivity index (χ2n) is 8.93. The number of hydrogen-bond acceptors (Lipinski definition) is 0. The minimum Gasteiger partial charge on any atom is -0.0625 e. The molecule has 1 saturated carbocycles. The van der Waals surface area contributed by atoms with Gasteiger partial charge in [-0.25, -0.2) is 0 Å². The molecule has 144 valence electrons. The Balaban J connectivity index is 1.57. The molecule has 0 saturated heterocycles. The summed E-state index contributed by atoms with van der Waals surface area (Å²) in [5.74, 6) is 1.67. The number of hydrogen-bond donors (Lipinski definition) is 0. The van der Waals surface area contributed by atoms with Crippen LogP contribution in [0.4, 0.5) is 0 Å². The summed E-state index contributed by atoms with van der Waals surface area (Å²) in [6.45, 7) is 9.01. The molecule has 0 aliphatic heterocycles. The molecule has 0 N–H and O–H groups in total. The highest BCUT2D eigenvalue weighted by Gasteiger charge is 2.20. The van der Waals surface area contributed by atoms with Gasteiger partial charge in [-0.05, 0) is 84.4 Å². The lowest BCUT2D eigenvalue weighted by Gasteiger charge is -2.27. The highest BCUT2D eigenvalue weighted by atomic mass is 14.2. The first-order valence-electron chi connectivity index (χ1n) is 10.8. The third-order valence-corrected chi connectivity index (χ3v) is 6.63. The van der Waals surface area contributed by atoms with E-state index in [2.05, 4.69) is 88.4 Å². The van der Waals surface area contributed by atoms with E-state index in [9.17, 15) is 0 Å². The Kier molecular flexibility index (Phi) is 5.40. The maximum atomic E-state index is 2.44. The van der Waals surface area contributed by atoms with Gasteiger partial charge in [-0.15, -0.1) is 0 Å². The van der Waals surface area contributed by atoms with Crippen LogP contribution in [-0.4, -0.2) is 0 Å². The van der Waals surface area contributed by atoms with Crippen molar-refractivity contribution in [2.24, 2.45) is 5.92 Å². The molecular weight excluding hydrogens is 336 g/mol. The number of benzene rings is 3. The van der Waals surface area contributed by atoms with Gasteiger partial charge in [0.05, 0.1) is 0 Å². The molecule has 4 rings (SSSR count). The highest BCUT2D eigenvalue weighted by Crippen LogP contribution is 2.37. The van der Waals surface area contributed by atoms with Crippen molar-refractivity contribution >= 4 is 0 Å². The van der Waals surface area contributed by atoms with Crippen LogP contribution in [-0.2, 0) is 0 Å². The predicted octanol–water partition coefficient (Wildman–Crippen LogP) is 8.24. The molecule has 0 heteroatoms. The van der Waals surface area contributed by atoms with Crippen LogP contribution < -0.4 is 0 Å². The third-order valence-electron chi connectivity index (χ3n) is 6.63. The first-order chi connectivity index (χ1) is 13.5. The number of rotatable bonds is 3. The molecule has 28 heavy (non-hydrogen) atoms. The average molecular weight is 369 g/mol. The lowest BCUT2D eigenvalue weighted by atomic mass is 9.79. The van der Waals surface area contributed by atoms with Gasteiger partial charge in [0.1, 0.15) is 0 Å². The Labute approximate surface area is 170 Å². The summed E-state index contributed by atoms with van der Waals surface area (Å²) in [6, 6.07) is 22.9. The zero-order valence-electron chi connectivity index (χ0n) is 17.8. The quantitative estimate of drug-likeness (QED) is 0.436. The first-order valence-corrected chi connectivity index (χ1v) is 10.8. The fraction of sp³-hybridized carbons (Fsp3) is 0.357. The lowest BCUT2D eigenvalue weighted by molar-refractivity contribution is 0.348. The molecule has 0 spiro atoms. The highest BCUT2D eigenvalue weighted by molar-refractivity contribution is 5.74. The van der Waals surface area contributed by atoms with E-state index in [0.29, 0.717) is 0 Å². The predicted molar refractivity (Wildman–Crippen MR) is 122 cm³/mol. The monoisotopic (exact) mass is 368 g/mol. The second kappa shape index (κ2) is 7.95. The largest absolute Gasteiger partial charge is 0.0625 e. The van der Waals surface area contributed by atoms with E-state index >= 15 is 0 Å². The van der Waals surface area contributed by atoms with E-state index < -0.39 is 0 Å². The Morgan fingerprint density at radius 2 is 1.14 bits per heavy atom. The van der Waals surface area contributed by atoms with E-state index in [-0.39, 0.29) is 0 Å². The molecule has 1 aliphatic carbocycles. The smallest absolute Gasteiger partial charge is 0.0155 e. The fourth-order valence-electron chi connectivity index (χ4n) is 4.82. The van der Waals surface area contributed by atoms with Gasteiger partial charge in [-0.2, -0.15) is 0 Å². The van der Waals surface area contributed by atoms with Crippen molar-refractivity contribution in [3.05, 3.63) is 82.9 Å². The van der Waals surface area contributed by atoms with Crippen LogP contribution in [0.3, 0.4) is 0 Å². The van der Waals surface area contributed by atoms with Crippen LogP contribution in [0.1, 0.15) is 60.8 Å². The standard InChI is InChI=1S/C28H32/c1-19-5-8-23(9-6-19)26-14-16-28(22(4)18-26)25-12-10-24(11-13-25)27-15-7-20(2)17-21(27)3/h7,10-19,23H,5-6,8-9H2,1-4H3. The molecule has 1 aliphatic rings. The minimum atomic E-state index is 0.760. The van der Waals surface area contributed by atoms with Crippen LogP contribution in [0.25, 0.3) is 22.3 Å². The van der Waals surface area contributed by atoms with E-state index in [0.717, 1.165) is 11.8 Å². The Bertz CT molecular complexity index is 954. The zero-order valence-corrected chi connectivity index (χ0v) is 17.8. The molecule has 0 unspecified atom stereocenters. The summed E-state index contributed by atoms with van der Waals surface area (Å²) < 4.78 is 0. The fourth-order valence-corrected chi connectivity index (χ4v) is 4.82. The SMILES string of the molecule is Cc1ccc(-c2ccc(-c3ccc(C4CCC(C)CC4)cc3C)cc2)c(C)c1. The molecule has 0 amide bonds. The van der Waals surface area contributed by atoms with Gasteiger partial charge >= 0.3 is 0 Å². The van der Waals surface area contributed by atoms with E-state index in [1.165, 1.54) is 64.6 Å². The molecule has 0 radical (unpaired) electrons. The number of aryl methyl sites for hydroxylation is 3. The van der Waals surface area contributed by atoms with Crippen molar-refractivity contribution < 1.29 is 0 Å². The van der Waals surface area contributed by atoms with Crippen LogP contribution in [0, 0.1) is 26.7 Å². The summed E-state index contributed by atoms with van der Waals surface area (Å²) in [5, 5.41) is 0. The lowest BCUT2D eigenvalue weighted by Crippen LogP contribution is -2.10. The van der Waals surface area contributed by atoms with E-state index in [1.54, 1.807) is 5.56 Å². The summed E-state index contributed by atoms with van der Waals surface area (Å²) in [6.07, 6.45) is 5.46. The topological polar surface area (TPSA) is 0 Å². The minimum absolute atomic E-state index is 0.760. The summed E-state index contributed by atoms with van der Waals surface area (Å²) in [5.41, 5.74) is 10.9. The maximum absolute atomic E-state index is 2.44. The van der Waals surface area contributed by atoms with E-state index in [1.807, 2.05) is 0 Å². The van der Waals surface area contributed by atoms with E-state index in [4.69, 9.17) is 0 Å². The molecule has 3 aromatic rings. The van der Waals surface area contributed by atoms with Crippen molar-refractivity contribution in [1.29, 1.82) is 0 Å². The van der Waals surface area contributed by atoms with Crippen molar-refractivity contribution in [3.8, 4) is 22.3 Å². The first kappa shape index (κ1) is 19.0. The second-order valence-corrected chi connectivity index (χ2v) is 8.93. The Morgan fingerprint density at radius 3 is 1.68 bits per heavy atom. The van der Waals surface area contributed by atoms with Crippen molar-refractivity contribution in [1.82, 2.24) is 0 Å². The molecule has 0 nitrogen and oxygen atoms in total. The molecule has 3 aromatic carbocycles. The van der Waals surface area contributed by atoms with Crippen LogP contribution in [0.15, 0.2) is 60.7 Å². The van der Waals surface area contributed by atoms with Crippen LogP contribution >= 0.6 is 0 Å². The van der Waals surface area contributed by atoms with Gasteiger partial charge in [0.25, 0.3) is 0 Å². The van der Waals surface area contributed by atoms with Gasteiger partial charge in [-0.3, -0.25) is 0 Å². The van der Waals surface area contributed by atoms with Gasteiger partial charge in [0.15, 0.2) is 0 Å². The van der Waals surface area contributed by atoms with Crippen molar-refractivity contribution in [2.45, 2.75) is 59.3 Å². The zero-order chi connectivity index (χ0) is 19.7. The van der Waals surface area contributed by atoms with Gasteiger partial charge in [0, 0.05) is 0 Å². The van der Waals surface area contributed by atoms with Gasteiger partial charge in [0.2, 0.25) is 0 Å². The van der Waals surface area contributed by atoms with Gasteiger partial charge < -0.3 is 0 Å². The van der Waals surface area contributed by atoms with Crippen molar-refractivity contribution in [3.63, 3.8) is 0 Å². The molecule has 0 heterocycles. The Hall–Kier alpha value is -2.34. The molecule has 1 fully saturated rings. The molecular formula is C28H32. The maximum Gasteiger partial charge on any atom is -0.0155 e. The molecule has 0 atom stereocenters. The summed E-state index contributed by atoms with van der Waals surface area (Å²) in [7, 11) is 0. The summed E-state index contributed by atoms with van der Waals surface area (Å²) >= 11 is 0. The Morgan fingerprint density at radius 1 is 0.607 bits per heavy atom. The normalized spacial score (nSPS) is 19.6. The van der Waals surface area contributed by atoms with Crippen LogP contribution in [0.2, 0.25) is 0 Å². The van der Waals surface area contributed by atoms with Crippen LogP contribution in [0.5, 0.6) is 0 Å². The van der Waals surface area contributed by atoms with Crippen molar-refractivity contribution in [2.75, 3.05) is 0 Å². The molecule has 0 aromatic heterocycles. The summed E-state index contributed by atoms with van der Waals surface area (Å²) in [4.78, 5) is 0. The average Bonchev–Trinajstić information content (AvgIpc) is 2.69. The third kappa shape index (κ3) is 3.92. The molecule has 0 bridgehead atoms.